The van der Waals surface area contributed by atoms with E-state index in [1.807, 2.05) is 28.7 Å². The summed E-state index contributed by atoms with van der Waals surface area (Å²) >= 11 is 3.73. The van der Waals surface area contributed by atoms with Crippen molar-refractivity contribution in [1.82, 2.24) is 0 Å². The maximum absolute atomic E-state index is 5.91. The van der Waals surface area contributed by atoms with Crippen LogP contribution in [0.15, 0.2) is 24.3 Å². The van der Waals surface area contributed by atoms with Crippen molar-refractivity contribution in [3.8, 4) is 0 Å². The van der Waals surface area contributed by atoms with Gasteiger partial charge in [0, 0.05) is 33.6 Å². The molecule has 1 aromatic carbocycles. The molecule has 0 spiro atoms. The molecule has 1 aliphatic heterocycles. The molecule has 0 amide bonds. The quantitative estimate of drug-likeness (QED) is 0.697. The van der Waals surface area contributed by atoms with Gasteiger partial charge in [-0.1, -0.05) is 0 Å². The first kappa shape index (κ1) is 11.5. The molecule has 0 aliphatic carbocycles. The van der Waals surface area contributed by atoms with Gasteiger partial charge in [0.1, 0.15) is 0 Å². The van der Waals surface area contributed by atoms with Crippen molar-refractivity contribution in [3.05, 3.63) is 24.3 Å². The van der Waals surface area contributed by atoms with Gasteiger partial charge >= 0.3 is 0 Å². The number of morpholine rings is 1. The normalized spacial score (nSPS) is 16.5. The Labute approximate surface area is 119 Å². The number of nitrogens with two attached hydrogens (primary N) is 1. The highest BCUT2D eigenvalue weighted by molar-refractivity contribution is 7.34. The third kappa shape index (κ3) is 1.89. The van der Waals surface area contributed by atoms with E-state index in [0.29, 0.717) is 0 Å². The van der Waals surface area contributed by atoms with E-state index in [1.165, 1.54) is 24.5 Å². The van der Waals surface area contributed by atoms with Gasteiger partial charge in [0.15, 0.2) is 0 Å². The van der Waals surface area contributed by atoms with Crippen molar-refractivity contribution in [2.75, 3.05) is 36.9 Å². The SMILES string of the molecule is Nc1ccc2sc3cc(N4CCOCC4)sc3c2c1. The van der Waals surface area contributed by atoms with E-state index in [2.05, 4.69) is 23.1 Å². The molecule has 19 heavy (non-hydrogen) atoms. The minimum absolute atomic E-state index is 0.833. The Balaban J connectivity index is 1.84. The Bertz CT molecular complexity index is 740. The number of hydrogen-bond donors (Lipinski definition) is 1. The Morgan fingerprint density at radius 1 is 1.05 bits per heavy atom. The second-order valence-corrected chi connectivity index (χ2v) is 6.85. The number of anilines is 2. The second-order valence-electron chi connectivity index (χ2n) is 4.74. The van der Waals surface area contributed by atoms with Crippen LogP contribution in [0.1, 0.15) is 0 Å². The van der Waals surface area contributed by atoms with Crippen LogP contribution >= 0.6 is 22.7 Å². The Morgan fingerprint density at radius 3 is 2.74 bits per heavy atom. The number of thiophene rings is 2. The van der Waals surface area contributed by atoms with Crippen LogP contribution in [-0.4, -0.2) is 26.3 Å². The summed E-state index contributed by atoms with van der Waals surface area (Å²) in [5.74, 6) is 0. The number of fused-ring (bicyclic) bond motifs is 3. The van der Waals surface area contributed by atoms with E-state index in [0.717, 1.165) is 32.0 Å². The van der Waals surface area contributed by atoms with Gasteiger partial charge in [0.05, 0.1) is 22.9 Å². The van der Waals surface area contributed by atoms with Crippen LogP contribution in [0.5, 0.6) is 0 Å². The third-order valence-electron chi connectivity index (χ3n) is 3.48. The lowest BCUT2D eigenvalue weighted by molar-refractivity contribution is 0.123. The zero-order valence-corrected chi connectivity index (χ0v) is 12.0. The molecular weight excluding hydrogens is 276 g/mol. The maximum atomic E-state index is 5.91. The fourth-order valence-corrected chi connectivity index (χ4v) is 5.04. The number of benzene rings is 1. The van der Waals surface area contributed by atoms with Gasteiger partial charge in [-0.2, -0.15) is 0 Å². The van der Waals surface area contributed by atoms with Crippen molar-refractivity contribution in [3.63, 3.8) is 0 Å². The number of rotatable bonds is 1. The standard InChI is InChI=1S/C14H14N2OS2/c15-9-1-2-11-10(7-9)14-12(18-11)8-13(19-14)16-3-5-17-6-4-16/h1-2,7-8H,3-6,15H2. The topological polar surface area (TPSA) is 38.5 Å². The molecular formula is C14H14N2OS2. The third-order valence-corrected chi connectivity index (χ3v) is 5.95. The van der Waals surface area contributed by atoms with Crippen LogP contribution in [0.3, 0.4) is 0 Å². The zero-order valence-electron chi connectivity index (χ0n) is 10.4. The Hall–Kier alpha value is -1.30. The molecule has 0 saturated carbocycles. The van der Waals surface area contributed by atoms with E-state index in [1.54, 1.807) is 0 Å². The molecule has 0 radical (unpaired) electrons. The molecule has 1 fully saturated rings. The van der Waals surface area contributed by atoms with Crippen LogP contribution < -0.4 is 10.6 Å². The average molecular weight is 290 g/mol. The van der Waals surface area contributed by atoms with Crippen molar-refractivity contribution in [2.24, 2.45) is 0 Å². The predicted molar refractivity (Wildman–Crippen MR) is 84.7 cm³/mol. The largest absolute Gasteiger partial charge is 0.399 e. The molecule has 3 heterocycles. The molecule has 3 aromatic rings. The number of hydrogen-bond acceptors (Lipinski definition) is 5. The maximum Gasteiger partial charge on any atom is 0.0931 e. The Morgan fingerprint density at radius 2 is 1.89 bits per heavy atom. The average Bonchev–Trinajstić information content (AvgIpc) is 2.98. The first-order chi connectivity index (χ1) is 9.31. The highest BCUT2D eigenvalue weighted by Crippen LogP contribution is 2.43. The Kier molecular flexibility index (Phi) is 2.65. The van der Waals surface area contributed by atoms with Crippen molar-refractivity contribution >= 4 is 52.8 Å². The molecule has 98 valence electrons. The number of nitrogens with zero attached hydrogens (tertiary/aromatic N) is 1. The van der Waals surface area contributed by atoms with Gasteiger partial charge in [0.2, 0.25) is 0 Å². The molecule has 1 aliphatic rings. The number of nitrogen functional groups attached to an aromatic ring is 1. The minimum atomic E-state index is 0.833. The van der Waals surface area contributed by atoms with E-state index >= 15 is 0 Å². The van der Waals surface area contributed by atoms with Gasteiger partial charge in [-0.3, -0.25) is 0 Å². The first-order valence-electron chi connectivity index (χ1n) is 6.35. The van der Waals surface area contributed by atoms with Crippen molar-refractivity contribution in [2.45, 2.75) is 0 Å². The van der Waals surface area contributed by atoms with Gasteiger partial charge in [-0.25, -0.2) is 0 Å². The molecule has 3 nitrogen and oxygen atoms in total. The lowest BCUT2D eigenvalue weighted by Gasteiger charge is -2.27. The van der Waals surface area contributed by atoms with Crippen molar-refractivity contribution in [1.29, 1.82) is 0 Å². The molecule has 0 unspecified atom stereocenters. The summed E-state index contributed by atoms with van der Waals surface area (Å²) in [4.78, 5) is 2.42. The van der Waals surface area contributed by atoms with Crippen LogP contribution in [0.25, 0.3) is 19.5 Å². The van der Waals surface area contributed by atoms with Crippen LogP contribution in [0.4, 0.5) is 10.7 Å². The molecule has 2 aromatic heterocycles. The van der Waals surface area contributed by atoms with E-state index in [-0.39, 0.29) is 0 Å². The van der Waals surface area contributed by atoms with Crippen LogP contribution in [0.2, 0.25) is 0 Å². The summed E-state index contributed by atoms with van der Waals surface area (Å²) in [5.41, 5.74) is 6.75. The minimum Gasteiger partial charge on any atom is -0.399 e. The molecule has 0 bridgehead atoms. The lowest BCUT2D eigenvalue weighted by Crippen LogP contribution is -2.35. The smallest absolute Gasteiger partial charge is 0.0931 e. The summed E-state index contributed by atoms with van der Waals surface area (Å²) in [6.07, 6.45) is 0. The molecule has 0 atom stereocenters. The molecule has 4 rings (SSSR count). The van der Waals surface area contributed by atoms with Gasteiger partial charge in [-0.15, -0.1) is 22.7 Å². The molecule has 2 N–H and O–H groups in total. The van der Waals surface area contributed by atoms with Crippen LogP contribution in [0, 0.1) is 0 Å². The predicted octanol–water partition coefficient (Wildman–Crippen LogP) is 3.53. The summed E-state index contributed by atoms with van der Waals surface area (Å²) in [5, 5.41) is 2.65. The van der Waals surface area contributed by atoms with Crippen molar-refractivity contribution < 1.29 is 4.74 Å². The fourth-order valence-electron chi connectivity index (χ4n) is 2.50. The highest BCUT2D eigenvalue weighted by Gasteiger charge is 2.16. The summed E-state index contributed by atoms with van der Waals surface area (Å²) in [6.45, 7) is 3.65. The second kappa shape index (κ2) is 4.37. The summed E-state index contributed by atoms with van der Waals surface area (Å²) < 4.78 is 9.47. The van der Waals surface area contributed by atoms with Gasteiger partial charge in [0.25, 0.3) is 0 Å². The fraction of sp³-hybridized carbons (Fsp3) is 0.286. The number of ether oxygens (including phenoxy) is 1. The monoisotopic (exact) mass is 290 g/mol. The summed E-state index contributed by atoms with van der Waals surface area (Å²) in [7, 11) is 0. The van der Waals surface area contributed by atoms with Crippen LogP contribution in [-0.2, 0) is 4.74 Å². The zero-order chi connectivity index (χ0) is 12.8. The first-order valence-corrected chi connectivity index (χ1v) is 7.99. The summed E-state index contributed by atoms with van der Waals surface area (Å²) in [6, 6.07) is 8.50. The van der Waals surface area contributed by atoms with E-state index in [4.69, 9.17) is 10.5 Å². The molecule has 1 saturated heterocycles. The highest BCUT2D eigenvalue weighted by atomic mass is 32.1. The van der Waals surface area contributed by atoms with Gasteiger partial charge in [-0.05, 0) is 24.3 Å². The van der Waals surface area contributed by atoms with E-state index in [9.17, 15) is 0 Å². The van der Waals surface area contributed by atoms with Gasteiger partial charge < -0.3 is 15.4 Å². The van der Waals surface area contributed by atoms with E-state index < -0.39 is 0 Å². The lowest BCUT2D eigenvalue weighted by atomic mass is 10.2. The molecule has 5 heteroatoms.